The first-order chi connectivity index (χ1) is 12.4. The third-order valence-corrected chi connectivity index (χ3v) is 6.12. The molecule has 2 rings (SSSR count). The fraction of sp³-hybridized carbons (Fsp3) is 0.778. The van der Waals surface area contributed by atoms with E-state index in [1.807, 2.05) is 31.6 Å². The second-order valence-electron chi connectivity index (χ2n) is 8.64. The van der Waals surface area contributed by atoms with E-state index in [1.54, 1.807) is 4.90 Å². The monoisotopic (exact) mass is 513 g/mol. The lowest BCUT2D eigenvalue weighted by atomic mass is 10.1. The van der Waals surface area contributed by atoms with Crippen molar-refractivity contribution in [3.05, 3.63) is 15.5 Å². The Morgan fingerprint density at radius 2 is 2.00 bits per heavy atom. The summed E-state index contributed by atoms with van der Waals surface area (Å²) >= 11 is 2.21. The molecule has 27 heavy (non-hydrogen) atoms. The van der Waals surface area contributed by atoms with Gasteiger partial charge >= 0.3 is 6.09 Å². The first kappa shape index (κ1) is 22.8. The van der Waals surface area contributed by atoms with Crippen LogP contribution in [0.3, 0.4) is 0 Å². The van der Waals surface area contributed by atoms with E-state index in [0.717, 1.165) is 21.6 Å². The van der Waals surface area contributed by atoms with Crippen LogP contribution in [0.2, 0.25) is 0 Å². The first-order valence-electron chi connectivity index (χ1n) is 8.98. The van der Waals surface area contributed by atoms with Crippen molar-refractivity contribution < 1.29 is 19.0 Å². The largest absolute Gasteiger partial charge is 0.444 e. The van der Waals surface area contributed by atoms with Crippen LogP contribution in [-0.2, 0) is 27.5 Å². The minimum Gasteiger partial charge on any atom is -0.444 e. The van der Waals surface area contributed by atoms with Crippen molar-refractivity contribution >= 4 is 38.7 Å². The first-order valence-corrected chi connectivity index (χ1v) is 13.1. The van der Waals surface area contributed by atoms with Crippen LogP contribution in [0.1, 0.15) is 26.3 Å². The topological polar surface area (TPSA) is 65.8 Å². The summed E-state index contributed by atoms with van der Waals surface area (Å²) in [7, 11) is -0.530. The number of likely N-dealkylation sites (tertiary alicyclic amines) is 1. The average Bonchev–Trinajstić information content (AvgIpc) is 2.79. The summed E-state index contributed by atoms with van der Waals surface area (Å²) in [6.07, 6.45) is 8.59. The Bertz CT molecular complexity index is 634. The van der Waals surface area contributed by atoms with Crippen molar-refractivity contribution in [3.8, 4) is 0 Å². The van der Waals surface area contributed by atoms with Gasteiger partial charge in [-0.25, -0.2) is 19.5 Å². The Morgan fingerprint density at radius 3 is 2.59 bits per heavy atom. The van der Waals surface area contributed by atoms with Gasteiger partial charge in [0.2, 0.25) is 0 Å². The van der Waals surface area contributed by atoms with Crippen LogP contribution in [0.4, 0.5) is 4.79 Å². The van der Waals surface area contributed by atoms with Gasteiger partial charge < -0.3 is 19.1 Å². The Hall–Kier alpha value is -0.520. The molecule has 0 atom stereocenters. The van der Waals surface area contributed by atoms with Crippen LogP contribution in [0.25, 0.3) is 0 Å². The molecule has 1 aromatic rings. The molecule has 7 nitrogen and oxygen atoms in total. The van der Waals surface area contributed by atoms with Gasteiger partial charge in [-0.3, -0.25) is 0 Å². The normalized spacial score (nSPS) is 16.3. The van der Waals surface area contributed by atoms with Gasteiger partial charge in [0.1, 0.15) is 16.0 Å². The molecule has 1 saturated heterocycles. The summed E-state index contributed by atoms with van der Waals surface area (Å²) in [6, 6.07) is 0. The highest BCUT2D eigenvalue weighted by atomic mass is 127. The second kappa shape index (κ2) is 9.32. The molecule has 0 radical (unpaired) electrons. The van der Waals surface area contributed by atoms with Crippen LogP contribution < -0.4 is 0 Å². The van der Waals surface area contributed by atoms with E-state index >= 15 is 0 Å². The van der Waals surface area contributed by atoms with E-state index in [2.05, 4.69) is 46.5 Å². The highest BCUT2D eigenvalue weighted by Gasteiger charge is 2.34. The van der Waals surface area contributed by atoms with Crippen molar-refractivity contribution in [1.82, 2.24) is 14.7 Å². The number of nitrogens with zero attached hydrogens (tertiary/aromatic N) is 3. The molecule has 156 valence electrons. The maximum atomic E-state index is 11.9. The number of halogens is 1. The van der Waals surface area contributed by atoms with Gasteiger partial charge in [-0.1, -0.05) is 0 Å². The zero-order chi connectivity index (χ0) is 20.2. The van der Waals surface area contributed by atoms with Gasteiger partial charge in [0.05, 0.1) is 32.4 Å². The van der Waals surface area contributed by atoms with E-state index in [0.29, 0.717) is 26.4 Å². The molecule has 1 aromatic heterocycles. The number of hydrogen-bond acceptors (Lipinski definition) is 5. The van der Waals surface area contributed by atoms with E-state index in [4.69, 9.17) is 14.2 Å². The molecule has 0 aliphatic carbocycles. The molecular formula is C18H32IN3O4S. The number of carbonyl (C=O) groups excluding carboxylic acids is 1. The van der Waals surface area contributed by atoms with Crippen LogP contribution >= 0.6 is 32.6 Å². The zero-order valence-corrected chi connectivity index (χ0v) is 20.1. The van der Waals surface area contributed by atoms with E-state index in [-0.39, 0.29) is 12.2 Å². The van der Waals surface area contributed by atoms with Gasteiger partial charge in [0.25, 0.3) is 0 Å². The standard InChI is InChI=1S/C18H32IN3O4S/c1-18(2,3)26-17(23)21-10-15(11-21)25-12-14-9-22(20-16(14)19)13-24-7-8-27(4,5)6/h9,15H,7-8,10-13H2,1-6H3. The van der Waals surface area contributed by atoms with Crippen molar-refractivity contribution in [2.45, 2.75) is 45.8 Å². The predicted molar refractivity (Wildman–Crippen MR) is 118 cm³/mol. The molecule has 1 fully saturated rings. The van der Waals surface area contributed by atoms with Crippen molar-refractivity contribution in [1.29, 1.82) is 0 Å². The second-order valence-corrected chi connectivity index (χ2v) is 14.2. The third kappa shape index (κ3) is 8.16. The summed E-state index contributed by atoms with van der Waals surface area (Å²) in [5.41, 5.74) is 0.570. The summed E-state index contributed by atoms with van der Waals surface area (Å²) in [5.74, 6) is 1.09. The molecule has 2 heterocycles. The molecule has 9 heteroatoms. The van der Waals surface area contributed by atoms with Gasteiger partial charge in [-0.2, -0.15) is 5.10 Å². The molecule has 1 amide bonds. The minimum atomic E-state index is -0.530. The Kier molecular flexibility index (Phi) is 7.86. The quantitative estimate of drug-likeness (QED) is 0.395. The summed E-state index contributed by atoms with van der Waals surface area (Å²) < 4.78 is 19.7. The molecule has 0 aromatic carbocycles. The lowest BCUT2D eigenvalue weighted by molar-refractivity contribution is -0.0692. The smallest absolute Gasteiger partial charge is 0.410 e. The maximum absolute atomic E-state index is 11.9. The Balaban J connectivity index is 1.69. The number of ether oxygens (including phenoxy) is 3. The predicted octanol–water partition coefficient (Wildman–Crippen LogP) is 3.29. The van der Waals surface area contributed by atoms with Crippen molar-refractivity contribution in [2.75, 3.05) is 44.2 Å². The van der Waals surface area contributed by atoms with E-state index in [1.165, 1.54) is 0 Å². The van der Waals surface area contributed by atoms with Gasteiger partial charge in [-0.15, -0.1) is 0 Å². The number of carbonyl (C=O) groups is 1. The molecule has 0 bridgehead atoms. The van der Waals surface area contributed by atoms with Crippen LogP contribution in [0.15, 0.2) is 6.20 Å². The third-order valence-electron chi connectivity index (χ3n) is 3.82. The minimum absolute atomic E-state index is 0.0441. The lowest BCUT2D eigenvalue weighted by Crippen LogP contribution is -2.55. The molecular weight excluding hydrogens is 481 g/mol. The Morgan fingerprint density at radius 1 is 1.33 bits per heavy atom. The number of hydrogen-bond donors (Lipinski definition) is 0. The highest BCUT2D eigenvalue weighted by Crippen LogP contribution is 2.33. The average molecular weight is 513 g/mol. The molecule has 1 aliphatic rings. The summed E-state index contributed by atoms with van der Waals surface area (Å²) in [4.78, 5) is 13.6. The molecule has 0 N–H and O–H groups in total. The number of rotatable bonds is 8. The van der Waals surface area contributed by atoms with Crippen molar-refractivity contribution in [3.63, 3.8) is 0 Å². The SMILES string of the molecule is CC(C)(C)OC(=O)N1CC(OCc2cn(COCCS(C)(C)C)nc2I)C1. The zero-order valence-electron chi connectivity index (χ0n) is 17.2. The molecule has 0 spiro atoms. The van der Waals surface area contributed by atoms with Gasteiger partial charge in [0, 0.05) is 17.5 Å². The van der Waals surface area contributed by atoms with Gasteiger partial charge in [0.15, 0.2) is 0 Å². The van der Waals surface area contributed by atoms with Crippen LogP contribution in [-0.4, -0.2) is 76.7 Å². The lowest BCUT2D eigenvalue weighted by Gasteiger charge is -2.39. The van der Waals surface area contributed by atoms with Gasteiger partial charge in [-0.05, 0) is 62.1 Å². The highest BCUT2D eigenvalue weighted by molar-refractivity contribution is 14.1. The Labute approximate surface area is 177 Å². The maximum Gasteiger partial charge on any atom is 0.410 e. The van der Waals surface area contributed by atoms with E-state index in [9.17, 15) is 4.79 Å². The summed E-state index contributed by atoms with van der Waals surface area (Å²) in [6.45, 7) is 8.43. The number of aromatic nitrogens is 2. The molecule has 1 aliphatic heterocycles. The van der Waals surface area contributed by atoms with Crippen molar-refractivity contribution in [2.24, 2.45) is 0 Å². The molecule has 0 unspecified atom stereocenters. The fourth-order valence-corrected chi connectivity index (χ4v) is 3.49. The number of amides is 1. The van der Waals surface area contributed by atoms with E-state index < -0.39 is 15.6 Å². The fourth-order valence-electron chi connectivity index (χ4n) is 2.30. The molecule has 0 saturated carbocycles. The van der Waals surface area contributed by atoms with Crippen LogP contribution in [0.5, 0.6) is 0 Å². The summed E-state index contributed by atoms with van der Waals surface area (Å²) in [5, 5.41) is 4.47. The van der Waals surface area contributed by atoms with Crippen LogP contribution in [0, 0.1) is 3.70 Å².